The summed E-state index contributed by atoms with van der Waals surface area (Å²) in [6.07, 6.45) is 1.91. The van der Waals surface area contributed by atoms with E-state index in [9.17, 15) is 9.18 Å². The molecule has 0 fully saturated rings. The molecule has 0 saturated heterocycles. The molecule has 6 heteroatoms. The molecular weight excluding hydrogens is 333 g/mol. The van der Waals surface area contributed by atoms with Gasteiger partial charge in [-0.25, -0.2) is 4.39 Å². The third-order valence-corrected chi connectivity index (χ3v) is 4.56. The molecule has 1 unspecified atom stereocenters. The molecule has 142 valence electrons. The highest BCUT2D eigenvalue weighted by atomic mass is 19.1. The van der Waals surface area contributed by atoms with Crippen molar-refractivity contribution < 1.29 is 13.7 Å². The van der Waals surface area contributed by atoms with Gasteiger partial charge in [-0.05, 0) is 58.5 Å². The van der Waals surface area contributed by atoms with E-state index in [4.69, 9.17) is 4.52 Å². The molecule has 0 saturated carbocycles. The molecule has 1 atom stereocenters. The summed E-state index contributed by atoms with van der Waals surface area (Å²) in [5.41, 5.74) is 1.37. The summed E-state index contributed by atoms with van der Waals surface area (Å²) in [5.74, 6) is -0.319. The van der Waals surface area contributed by atoms with Gasteiger partial charge < -0.3 is 14.7 Å². The number of nitrogens with one attached hydrogen (secondary N) is 1. The van der Waals surface area contributed by atoms with Crippen molar-refractivity contribution in [3.05, 3.63) is 41.3 Å². The average molecular weight is 361 g/mol. The molecule has 0 radical (unpaired) electrons. The van der Waals surface area contributed by atoms with Crippen molar-refractivity contribution in [2.24, 2.45) is 0 Å². The molecule has 0 aliphatic rings. The van der Waals surface area contributed by atoms with Gasteiger partial charge >= 0.3 is 0 Å². The quantitative estimate of drug-likeness (QED) is 0.733. The Morgan fingerprint density at radius 2 is 2.08 bits per heavy atom. The number of aryl methyl sites for hydroxylation is 1. The summed E-state index contributed by atoms with van der Waals surface area (Å²) in [4.78, 5) is 15.1. The number of aromatic nitrogens is 1. The first-order valence-electron chi connectivity index (χ1n) is 9.21. The molecule has 5 nitrogen and oxygen atoms in total. The van der Waals surface area contributed by atoms with Gasteiger partial charge in [0.05, 0.1) is 5.69 Å². The van der Waals surface area contributed by atoms with Crippen LogP contribution in [0.3, 0.4) is 0 Å². The van der Waals surface area contributed by atoms with E-state index in [0.29, 0.717) is 22.6 Å². The van der Waals surface area contributed by atoms with Crippen LogP contribution in [0.4, 0.5) is 4.39 Å². The van der Waals surface area contributed by atoms with Gasteiger partial charge in [0.2, 0.25) is 0 Å². The number of carbonyl (C=O) groups is 1. The minimum atomic E-state index is -0.382. The molecule has 1 aromatic heterocycles. The van der Waals surface area contributed by atoms with Crippen LogP contribution in [0.15, 0.2) is 28.8 Å². The molecule has 2 rings (SSSR count). The molecule has 1 heterocycles. The lowest BCUT2D eigenvalue weighted by molar-refractivity contribution is 0.0937. The van der Waals surface area contributed by atoms with Crippen molar-refractivity contribution in [3.8, 4) is 11.3 Å². The summed E-state index contributed by atoms with van der Waals surface area (Å²) in [6, 6.07) is 6.01. The summed E-state index contributed by atoms with van der Waals surface area (Å²) in [5, 5.41) is 6.90. The van der Waals surface area contributed by atoms with Crippen LogP contribution in [0, 0.1) is 12.7 Å². The highest BCUT2D eigenvalue weighted by molar-refractivity contribution is 6.00. The van der Waals surface area contributed by atoms with Crippen molar-refractivity contribution in [3.63, 3.8) is 0 Å². The van der Waals surface area contributed by atoms with E-state index in [-0.39, 0.29) is 17.8 Å². The fourth-order valence-corrected chi connectivity index (χ4v) is 2.99. The monoisotopic (exact) mass is 361 g/mol. The number of amides is 1. The first-order valence-corrected chi connectivity index (χ1v) is 9.21. The summed E-state index contributed by atoms with van der Waals surface area (Å²) in [7, 11) is 0. The van der Waals surface area contributed by atoms with Gasteiger partial charge in [0.15, 0.2) is 5.76 Å². The van der Waals surface area contributed by atoms with Crippen LogP contribution in [0.1, 0.15) is 49.7 Å². The van der Waals surface area contributed by atoms with E-state index in [1.54, 1.807) is 19.1 Å². The van der Waals surface area contributed by atoms with Crippen LogP contribution >= 0.6 is 0 Å². The maximum atomic E-state index is 13.5. The molecule has 1 N–H and O–H groups in total. The number of hydrogen-bond acceptors (Lipinski definition) is 4. The summed E-state index contributed by atoms with van der Waals surface area (Å²) >= 11 is 0. The fraction of sp³-hybridized carbons (Fsp3) is 0.500. The van der Waals surface area contributed by atoms with Crippen LogP contribution in [0.2, 0.25) is 0 Å². The zero-order chi connectivity index (χ0) is 19.1. The van der Waals surface area contributed by atoms with E-state index in [1.807, 2.05) is 6.92 Å². The number of halogens is 1. The Morgan fingerprint density at radius 1 is 1.35 bits per heavy atom. The Bertz CT molecular complexity index is 726. The average Bonchev–Trinajstić information content (AvgIpc) is 3.00. The predicted molar refractivity (Wildman–Crippen MR) is 101 cm³/mol. The van der Waals surface area contributed by atoms with Gasteiger partial charge in [0, 0.05) is 11.6 Å². The van der Waals surface area contributed by atoms with E-state index in [0.717, 1.165) is 32.5 Å². The Morgan fingerprint density at radius 3 is 2.73 bits per heavy atom. The second-order valence-electron chi connectivity index (χ2n) is 6.53. The zero-order valence-electron chi connectivity index (χ0n) is 16.0. The molecule has 0 aliphatic heterocycles. The third-order valence-electron chi connectivity index (χ3n) is 4.56. The minimum absolute atomic E-state index is 0.0349. The number of rotatable bonds is 9. The van der Waals surface area contributed by atoms with Crippen molar-refractivity contribution in [1.82, 2.24) is 15.4 Å². The topological polar surface area (TPSA) is 58.4 Å². The molecule has 1 aromatic carbocycles. The second kappa shape index (κ2) is 9.48. The maximum absolute atomic E-state index is 13.5. The zero-order valence-corrected chi connectivity index (χ0v) is 16.0. The van der Waals surface area contributed by atoms with Gasteiger partial charge in [-0.1, -0.05) is 31.1 Å². The van der Waals surface area contributed by atoms with Gasteiger partial charge in [-0.3, -0.25) is 4.79 Å². The first kappa shape index (κ1) is 20.1. The van der Waals surface area contributed by atoms with E-state index in [2.05, 4.69) is 29.2 Å². The molecule has 26 heavy (non-hydrogen) atoms. The highest BCUT2D eigenvalue weighted by Gasteiger charge is 2.23. The normalized spacial score (nSPS) is 12.4. The Kier molecular flexibility index (Phi) is 7.33. The number of carbonyl (C=O) groups excluding carboxylic acids is 1. The first-order chi connectivity index (χ1) is 12.5. The fourth-order valence-electron chi connectivity index (χ4n) is 2.99. The van der Waals surface area contributed by atoms with Crippen molar-refractivity contribution in [2.75, 3.05) is 19.6 Å². The van der Waals surface area contributed by atoms with Gasteiger partial charge in [-0.15, -0.1) is 0 Å². The van der Waals surface area contributed by atoms with Crippen LogP contribution < -0.4 is 5.32 Å². The van der Waals surface area contributed by atoms with Crippen LogP contribution in [-0.2, 0) is 0 Å². The van der Waals surface area contributed by atoms with E-state index in [1.165, 1.54) is 12.1 Å². The molecule has 0 bridgehead atoms. The van der Waals surface area contributed by atoms with Crippen LogP contribution in [0.5, 0.6) is 0 Å². The molecule has 1 amide bonds. The molecule has 0 aliphatic carbocycles. The van der Waals surface area contributed by atoms with E-state index >= 15 is 0 Å². The lowest BCUT2D eigenvalue weighted by atomic mass is 10.1. The van der Waals surface area contributed by atoms with Crippen LogP contribution in [0.25, 0.3) is 11.3 Å². The van der Waals surface area contributed by atoms with Crippen molar-refractivity contribution >= 4 is 5.91 Å². The molecular formula is C20H28FN3O2. The number of benzene rings is 1. The van der Waals surface area contributed by atoms with Crippen molar-refractivity contribution in [2.45, 2.75) is 46.6 Å². The van der Waals surface area contributed by atoms with Crippen LogP contribution in [-0.4, -0.2) is 41.6 Å². The highest BCUT2D eigenvalue weighted by Crippen LogP contribution is 2.26. The SMILES string of the molecule is CCN(CC)CCCC(C)NC(=O)c1c(C)noc1-c1cccc(F)c1. The smallest absolute Gasteiger partial charge is 0.257 e. The lowest BCUT2D eigenvalue weighted by Gasteiger charge is -2.19. The Labute approximate surface area is 154 Å². The Balaban J connectivity index is 2.02. The standard InChI is InChI=1S/C20H28FN3O2/c1-5-24(6-2)12-8-9-14(3)22-20(25)18-15(4)23-26-19(18)16-10-7-11-17(21)13-16/h7,10-11,13-14H,5-6,8-9,12H2,1-4H3,(H,22,25). The lowest BCUT2D eigenvalue weighted by Crippen LogP contribution is -2.34. The number of hydrogen-bond donors (Lipinski definition) is 1. The molecule has 2 aromatic rings. The van der Waals surface area contributed by atoms with Gasteiger partial charge in [-0.2, -0.15) is 0 Å². The van der Waals surface area contributed by atoms with E-state index < -0.39 is 0 Å². The summed E-state index contributed by atoms with van der Waals surface area (Å²) < 4.78 is 18.8. The minimum Gasteiger partial charge on any atom is -0.355 e. The predicted octanol–water partition coefficient (Wildman–Crippen LogP) is 4.03. The van der Waals surface area contributed by atoms with Gasteiger partial charge in [0.25, 0.3) is 5.91 Å². The third kappa shape index (κ3) is 5.14. The largest absolute Gasteiger partial charge is 0.355 e. The van der Waals surface area contributed by atoms with Gasteiger partial charge in [0.1, 0.15) is 11.4 Å². The number of nitrogens with zero attached hydrogens (tertiary/aromatic N) is 2. The summed E-state index contributed by atoms with van der Waals surface area (Å²) in [6.45, 7) is 11.1. The second-order valence-corrected chi connectivity index (χ2v) is 6.53. The van der Waals surface area contributed by atoms with Crippen molar-refractivity contribution in [1.29, 1.82) is 0 Å². The maximum Gasteiger partial charge on any atom is 0.257 e. The Hall–Kier alpha value is -2.21. The molecule has 0 spiro atoms.